The van der Waals surface area contributed by atoms with Crippen molar-refractivity contribution in [1.82, 2.24) is 20.0 Å². The van der Waals surface area contributed by atoms with Gasteiger partial charge in [-0.1, -0.05) is 41.5 Å². The molecule has 0 spiro atoms. The van der Waals surface area contributed by atoms with E-state index in [0.29, 0.717) is 23.8 Å². The van der Waals surface area contributed by atoms with Crippen molar-refractivity contribution >= 4 is 34.7 Å². The molecule has 3 aromatic rings. The largest absolute Gasteiger partial charge is 0.337 e. The molecule has 25 heavy (non-hydrogen) atoms. The average Bonchev–Trinajstić information content (AvgIpc) is 3.05. The van der Waals surface area contributed by atoms with E-state index in [9.17, 15) is 4.79 Å². The predicted octanol–water partition coefficient (Wildman–Crippen LogP) is 4.05. The number of fused-ring (bicyclic) bond motifs is 1. The number of H-pyrrole nitrogens is 1. The van der Waals surface area contributed by atoms with E-state index in [1.54, 1.807) is 12.1 Å². The zero-order valence-corrected chi connectivity index (χ0v) is 14.0. The van der Waals surface area contributed by atoms with Gasteiger partial charge < -0.3 is 10.3 Å². The van der Waals surface area contributed by atoms with Gasteiger partial charge in [-0.05, 0) is 29.6 Å². The first kappa shape index (κ1) is 16.7. The lowest BCUT2D eigenvalue weighted by molar-refractivity contribution is 0.246. The van der Waals surface area contributed by atoms with Crippen LogP contribution in [-0.2, 0) is 6.42 Å². The predicted molar refractivity (Wildman–Crippen MR) is 97.4 cm³/mol. The van der Waals surface area contributed by atoms with Gasteiger partial charge in [0.1, 0.15) is 0 Å². The SMILES string of the molecule is [N-]=[N+]=Nc1ccccc1CCNC(=O)NSc1nc2ccccc2[nH]1. The molecule has 9 heteroatoms. The quantitative estimate of drug-likeness (QED) is 0.268. The number of imidazole rings is 1. The second-order valence-electron chi connectivity index (χ2n) is 5.09. The number of benzene rings is 2. The van der Waals surface area contributed by atoms with Crippen LogP contribution in [0, 0.1) is 0 Å². The minimum Gasteiger partial charge on any atom is -0.337 e. The number of azide groups is 1. The van der Waals surface area contributed by atoms with E-state index in [1.807, 2.05) is 36.4 Å². The Morgan fingerprint density at radius 1 is 1.24 bits per heavy atom. The summed E-state index contributed by atoms with van der Waals surface area (Å²) in [6.07, 6.45) is 0.567. The molecular formula is C16H15N7OS. The van der Waals surface area contributed by atoms with Crippen LogP contribution in [0.25, 0.3) is 21.5 Å². The molecule has 8 nitrogen and oxygen atoms in total. The van der Waals surface area contributed by atoms with E-state index >= 15 is 0 Å². The van der Waals surface area contributed by atoms with E-state index in [0.717, 1.165) is 28.5 Å². The Kier molecular flexibility index (Phi) is 5.40. The number of carbonyl (C=O) groups excluding carboxylic acids is 1. The normalized spacial score (nSPS) is 10.2. The number of aromatic amines is 1. The molecule has 0 radical (unpaired) electrons. The van der Waals surface area contributed by atoms with Gasteiger partial charge in [0.15, 0.2) is 5.16 Å². The first-order valence-electron chi connectivity index (χ1n) is 7.55. The minimum absolute atomic E-state index is 0.313. The fourth-order valence-corrected chi connectivity index (χ4v) is 2.85. The number of hydrogen-bond acceptors (Lipinski definition) is 4. The Bertz CT molecular complexity index is 900. The number of para-hydroxylation sites is 2. The van der Waals surface area contributed by atoms with Crippen LogP contribution in [0.15, 0.2) is 58.8 Å². The molecule has 0 saturated heterocycles. The fraction of sp³-hybridized carbons (Fsp3) is 0.125. The van der Waals surface area contributed by atoms with E-state index in [2.05, 4.69) is 30.0 Å². The van der Waals surface area contributed by atoms with Crippen molar-refractivity contribution < 1.29 is 4.79 Å². The highest BCUT2D eigenvalue weighted by atomic mass is 32.2. The third kappa shape index (κ3) is 4.43. The second kappa shape index (κ2) is 8.09. The summed E-state index contributed by atoms with van der Waals surface area (Å²) in [4.78, 5) is 22.1. The average molecular weight is 353 g/mol. The topological polar surface area (TPSA) is 119 Å². The van der Waals surface area contributed by atoms with E-state index in [1.165, 1.54) is 0 Å². The Morgan fingerprint density at radius 3 is 2.88 bits per heavy atom. The zero-order valence-electron chi connectivity index (χ0n) is 13.1. The lowest BCUT2D eigenvalue weighted by Gasteiger charge is -2.07. The maximum atomic E-state index is 11.9. The molecule has 0 aliphatic rings. The third-order valence-corrected chi connectivity index (χ3v) is 4.11. The van der Waals surface area contributed by atoms with Crippen molar-refractivity contribution in [3.8, 4) is 0 Å². The van der Waals surface area contributed by atoms with Crippen molar-refractivity contribution in [1.29, 1.82) is 0 Å². The smallest absolute Gasteiger partial charge is 0.325 e. The molecule has 2 aromatic carbocycles. The van der Waals surface area contributed by atoms with Crippen molar-refractivity contribution in [2.45, 2.75) is 11.6 Å². The van der Waals surface area contributed by atoms with Gasteiger partial charge in [-0.15, -0.1) is 0 Å². The molecule has 3 rings (SSSR count). The Morgan fingerprint density at radius 2 is 2.04 bits per heavy atom. The highest BCUT2D eigenvalue weighted by Crippen LogP contribution is 2.19. The highest BCUT2D eigenvalue weighted by molar-refractivity contribution is 7.97. The van der Waals surface area contributed by atoms with Crippen LogP contribution in [-0.4, -0.2) is 22.5 Å². The number of nitrogens with zero attached hydrogens (tertiary/aromatic N) is 4. The number of aromatic nitrogens is 2. The van der Waals surface area contributed by atoms with Gasteiger partial charge in [-0.3, -0.25) is 4.72 Å². The van der Waals surface area contributed by atoms with E-state index < -0.39 is 0 Å². The van der Waals surface area contributed by atoms with Gasteiger partial charge in [0.05, 0.1) is 11.0 Å². The van der Waals surface area contributed by atoms with Crippen LogP contribution in [0.1, 0.15) is 5.56 Å². The maximum Gasteiger partial charge on any atom is 0.325 e. The molecular weight excluding hydrogens is 338 g/mol. The molecule has 0 atom stereocenters. The van der Waals surface area contributed by atoms with Gasteiger partial charge in [0.2, 0.25) is 0 Å². The molecule has 126 valence electrons. The van der Waals surface area contributed by atoms with Gasteiger partial charge in [-0.25, -0.2) is 9.78 Å². The van der Waals surface area contributed by atoms with E-state index in [-0.39, 0.29) is 6.03 Å². The Hall–Kier alpha value is -3.16. The Balaban J connectivity index is 1.47. The standard InChI is InChI=1S/C16H15N7OS/c17-23-21-12-6-2-1-5-11(12)9-10-18-15(24)22-25-16-19-13-7-3-4-8-14(13)20-16/h1-8H,9-10H2,(H,19,20)(H2,18,22,24). The van der Waals surface area contributed by atoms with Gasteiger partial charge in [-0.2, -0.15) is 0 Å². The molecule has 0 aliphatic carbocycles. The Labute approximate surface area is 147 Å². The van der Waals surface area contributed by atoms with Crippen LogP contribution in [0.2, 0.25) is 0 Å². The lowest BCUT2D eigenvalue weighted by Crippen LogP contribution is -2.32. The van der Waals surface area contributed by atoms with Crippen LogP contribution in [0.3, 0.4) is 0 Å². The summed E-state index contributed by atoms with van der Waals surface area (Å²) in [6, 6.07) is 14.6. The zero-order chi connectivity index (χ0) is 17.5. The van der Waals surface area contributed by atoms with Crippen molar-refractivity contribution in [2.75, 3.05) is 6.54 Å². The molecule has 2 amide bonds. The van der Waals surface area contributed by atoms with Crippen molar-refractivity contribution in [2.24, 2.45) is 5.11 Å². The summed E-state index contributed by atoms with van der Waals surface area (Å²) in [5, 5.41) is 7.01. The first-order valence-corrected chi connectivity index (χ1v) is 8.36. The number of hydrogen-bond donors (Lipinski definition) is 3. The summed E-state index contributed by atoms with van der Waals surface area (Å²) in [7, 11) is 0. The van der Waals surface area contributed by atoms with Crippen molar-refractivity contribution in [3.05, 3.63) is 64.5 Å². The van der Waals surface area contributed by atoms with Gasteiger partial charge in [0, 0.05) is 29.1 Å². The number of nitrogens with one attached hydrogen (secondary N) is 3. The highest BCUT2D eigenvalue weighted by Gasteiger charge is 2.06. The maximum absolute atomic E-state index is 11.9. The van der Waals surface area contributed by atoms with E-state index in [4.69, 9.17) is 5.53 Å². The molecule has 0 saturated carbocycles. The van der Waals surface area contributed by atoms with Crippen LogP contribution in [0.4, 0.5) is 10.5 Å². The molecule has 3 N–H and O–H groups in total. The summed E-state index contributed by atoms with van der Waals surface area (Å²) in [6.45, 7) is 0.421. The van der Waals surface area contributed by atoms with Crippen LogP contribution in [0.5, 0.6) is 0 Å². The molecule has 1 heterocycles. The summed E-state index contributed by atoms with van der Waals surface area (Å²) >= 11 is 1.12. The molecule has 0 aliphatic heterocycles. The molecule has 0 unspecified atom stereocenters. The molecule has 0 fully saturated rings. The monoisotopic (exact) mass is 353 g/mol. The second-order valence-corrected chi connectivity index (χ2v) is 5.88. The number of urea groups is 1. The van der Waals surface area contributed by atoms with Gasteiger partial charge in [0.25, 0.3) is 0 Å². The number of carbonyl (C=O) groups is 1. The molecule has 1 aromatic heterocycles. The summed E-state index contributed by atoms with van der Waals surface area (Å²) < 4.78 is 2.68. The van der Waals surface area contributed by atoms with Crippen LogP contribution >= 0.6 is 11.9 Å². The summed E-state index contributed by atoms with van der Waals surface area (Å²) in [5.74, 6) is 0. The minimum atomic E-state index is -0.313. The number of rotatable bonds is 6. The summed E-state index contributed by atoms with van der Waals surface area (Å²) in [5.41, 5.74) is 11.8. The van der Waals surface area contributed by atoms with Gasteiger partial charge >= 0.3 is 6.03 Å². The van der Waals surface area contributed by atoms with Crippen LogP contribution < -0.4 is 10.0 Å². The molecule has 0 bridgehead atoms. The lowest BCUT2D eigenvalue weighted by atomic mass is 10.1. The number of amides is 2. The third-order valence-electron chi connectivity index (χ3n) is 3.43. The fourth-order valence-electron chi connectivity index (χ4n) is 2.29. The first-order chi connectivity index (χ1) is 12.3. The van der Waals surface area contributed by atoms with Crippen molar-refractivity contribution in [3.63, 3.8) is 0 Å².